The molecule has 1 aromatic carbocycles. The van der Waals surface area contributed by atoms with Crippen LogP contribution in [0.5, 0.6) is 5.75 Å². The zero-order valence-electron chi connectivity index (χ0n) is 24.0. The Morgan fingerprint density at radius 3 is 2.88 bits per heavy atom. The van der Waals surface area contributed by atoms with E-state index in [1.807, 2.05) is 30.9 Å². The molecule has 1 atom stereocenters. The number of allylic oxidation sites excluding steroid dienone is 1. The highest BCUT2D eigenvalue weighted by Crippen LogP contribution is 2.34. The lowest BCUT2D eigenvalue weighted by Crippen LogP contribution is -2.36. The summed E-state index contributed by atoms with van der Waals surface area (Å²) >= 11 is 0. The minimum absolute atomic E-state index is 0.202. The van der Waals surface area contributed by atoms with Crippen molar-refractivity contribution in [2.75, 3.05) is 34.0 Å². The fourth-order valence-corrected chi connectivity index (χ4v) is 5.48. The van der Waals surface area contributed by atoms with Gasteiger partial charge in [0, 0.05) is 76.6 Å². The number of H-pyrrole nitrogens is 1. The number of nitrogens with one attached hydrogen (secondary N) is 3. The van der Waals surface area contributed by atoms with Crippen LogP contribution in [-0.4, -0.2) is 65.5 Å². The molecular weight excluding hydrogens is 524 g/mol. The van der Waals surface area contributed by atoms with E-state index < -0.39 is 5.60 Å². The predicted molar refractivity (Wildman–Crippen MR) is 155 cm³/mol. The Morgan fingerprint density at radius 2 is 2.17 bits per heavy atom. The average molecular weight is 561 g/mol. The molecule has 41 heavy (non-hydrogen) atoms. The number of carbonyl (C=O) groups excluding carboxylic acids is 1. The number of likely N-dealkylation sites (tertiary alicyclic amines) is 1. The molecule has 1 fully saturated rings. The van der Waals surface area contributed by atoms with Crippen LogP contribution in [0.3, 0.4) is 0 Å². The smallest absolute Gasteiger partial charge is 0.255 e. The summed E-state index contributed by atoms with van der Waals surface area (Å²) in [5, 5.41) is 11.0. The predicted octanol–water partition coefficient (Wildman–Crippen LogP) is 4.26. The van der Waals surface area contributed by atoms with E-state index in [4.69, 9.17) is 24.0 Å². The molecule has 5 rings (SSSR count). The molecule has 0 aliphatic carbocycles. The number of aromatic nitrogens is 3. The molecule has 1 aliphatic heterocycles. The Hall–Kier alpha value is -4.19. The first-order valence-electron chi connectivity index (χ1n) is 13.4. The lowest BCUT2D eigenvalue weighted by atomic mass is 10.0. The lowest BCUT2D eigenvalue weighted by Gasteiger charge is -2.27. The Morgan fingerprint density at radius 1 is 1.34 bits per heavy atom. The summed E-state index contributed by atoms with van der Waals surface area (Å²) in [7, 11) is 5.31. The number of hydrogen-bond donors (Lipinski definition) is 3. The Balaban J connectivity index is 1.25. The maximum Gasteiger partial charge on any atom is 0.255 e. The summed E-state index contributed by atoms with van der Waals surface area (Å²) in [6.45, 7) is 6.19. The van der Waals surface area contributed by atoms with Crippen LogP contribution in [0.2, 0.25) is 0 Å². The number of ether oxygens (including phenoxy) is 3. The highest BCUT2D eigenvalue weighted by atomic mass is 16.5. The summed E-state index contributed by atoms with van der Waals surface area (Å²) in [5.74, 6) is 2.27. The van der Waals surface area contributed by atoms with Crippen LogP contribution in [-0.2, 0) is 28.7 Å². The summed E-state index contributed by atoms with van der Waals surface area (Å²) < 4.78 is 26.1. The van der Waals surface area contributed by atoms with Gasteiger partial charge in [0.05, 0.1) is 24.6 Å². The number of aromatic amines is 1. The molecule has 3 N–H and O–H groups in total. The second-order valence-corrected chi connectivity index (χ2v) is 10.2. The van der Waals surface area contributed by atoms with Gasteiger partial charge in [-0.3, -0.25) is 9.69 Å². The standard InChI is InChI=1S/C30H36N6O5/c1-19-21(16-39-18-36-12-9-30(17-36,38-5)29-33-11-13-35(29)4)15-34-27(19)24(8-10-31)41-22-6-7-23-25(14-22)40-20(2)26(23)28(37)32-3/h6-8,10-11,13-15,31,34H,9,12,16-18H2,1-5H3,(H,32,37)/b24-8+,31-10?. The molecule has 0 radical (unpaired) electrons. The van der Waals surface area contributed by atoms with Crippen molar-refractivity contribution in [1.29, 1.82) is 5.41 Å². The van der Waals surface area contributed by atoms with Gasteiger partial charge in [-0.15, -0.1) is 0 Å². The number of imidazole rings is 1. The maximum absolute atomic E-state index is 12.3. The van der Waals surface area contributed by atoms with E-state index in [2.05, 4.69) is 20.2 Å². The van der Waals surface area contributed by atoms with Gasteiger partial charge in [0.25, 0.3) is 5.91 Å². The summed E-state index contributed by atoms with van der Waals surface area (Å²) in [6, 6.07) is 5.33. The Bertz CT molecular complexity index is 1600. The monoisotopic (exact) mass is 560 g/mol. The third kappa shape index (κ3) is 5.43. The summed E-state index contributed by atoms with van der Waals surface area (Å²) in [6.07, 6.45) is 9.25. The molecule has 0 spiro atoms. The van der Waals surface area contributed by atoms with E-state index in [0.717, 1.165) is 35.6 Å². The number of benzene rings is 1. The van der Waals surface area contributed by atoms with Crippen LogP contribution in [0, 0.1) is 19.3 Å². The van der Waals surface area contributed by atoms with Gasteiger partial charge in [0.2, 0.25) is 0 Å². The summed E-state index contributed by atoms with van der Waals surface area (Å²) in [5.41, 5.74) is 3.33. The van der Waals surface area contributed by atoms with Gasteiger partial charge in [0.15, 0.2) is 5.76 Å². The quantitative estimate of drug-likeness (QED) is 0.185. The zero-order valence-corrected chi connectivity index (χ0v) is 24.0. The number of hydrogen-bond acceptors (Lipinski definition) is 8. The molecule has 3 aromatic heterocycles. The van der Waals surface area contributed by atoms with E-state index in [1.54, 1.807) is 51.6 Å². The van der Waals surface area contributed by atoms with E-state index in [9.17, 15) is 4.79 Å². The molecule has 11 heteroatoms. The molecule has 4 aromatic rings. The third-order valence-electron chi connectivity index (χ3n) is 7.71. The second kappa shape index (κ2) is 11.7. The van der Waals surface area contributed by atoms with Crippen LogP contribution < -0.4 is 10.1 Å². The van der Waals surface area contributed by atoms with Crippen molar-refractivity contribution in [2.24, 2.45) is 7.05 Å². The van der Waals surface area contributed by atoms with Crippen molar-refractivity contribution >= 4 is 28.9 Å². The normalized spacial score (nSPS) is 17.8. The van der Waals surface area contributed by atoms with Gasteiger partial charge in [-0.05, 0) is 43.5 Å². The second-order valence-electron chi connectivity index (χ2n) is 10.2. The highest BCUT2D eigenvalue weighted by molar-refractivity contribution is 6.07. The SMILES string of the molecule is CNC(=O)c1c(C)oc2cc(O/C(=C/C=N)c3[nH]cc(COCN4CCC(OC)(c5nccn5C)C4)c3C)ccc12. The number of carbonyl (C=O) groups is 1. The van der Waals surface area contributed by atoms with E-state index >= 15 is 0 Å². The van der Waals surface area contributed by atoms with Crippen LogP contribution in [0.15, 0.2) is 47.3 Å². The van der Waals surface area contributed by atoms with Gasteiger partial charge >= 0.3 is 0 Å². The van der Waals surface area contributed by atoms with Crippen LogP contribution >= 0.6 is 0 Å². The van der Waals surface area contributed by atoms with Crippen molar-refractivity contribution in [3.05, 3.63) is 76.8 Å². The minimum Gasteiger partial charge on any atom is -0.460 e. The fourth-order valence-electron chi connectivity index (χ4n) is 5.48. The number of fused-ring (bicyclic) bond motifs is 1. The van der Waals surface area contributed by atoms with Crippen LogP contribution in [0.1, 0.15) is 45.2 Å². The average Bonchev–Trinajstić information content (AvgIpc) is 3.74. The molecule has 216 valence electrons. The van der Waals surface area contributed by atoms with Crippen LogP contribution in [0.4, 0.5) is 0 Å². The van der Waals surface area contributed by atoms with E-state index in [1.165, 1.54) is 6.21 Å². The molecular formula is C30H36N6O5. The number of furan rings is 1. The highest BCUT2D eigenvalue weighted by Gasteiger charge is 2.42. The fraction of sp³-hybridized carbons (Fsp3) is 0.367. The van der Waals surface area contributed by atoms with Gasteiger partial charge in [-0.25, -0.2) is 4.98 Å². The number of nitrogens with zero attached hydrogens (tertiary/aromatic N) is 3. The minimum atomic E-state index is -0.441. The van der Waals surface area contributed by atoms with Crippen molar-refractivity contribution in [3.8, 4) is 5.75 Å². The first-order chi connectivity index (χ1) is 19.8. The number of rotatable bonds is 11. The Labute approximate surface area is 238 Å². The molecule has 1 unspecified atom stereocenters. The van der Waals surface area contributed by atoms with Crippen molar-refractivity contribution in [3.63, 3.8) is 0 Å². The van der Waals surface area contributed by atoms with Crippen LogP contribution in [0.25, 0.3) is 16.7 Å². The molecule has 0 bridgehead atoms. The Kier molecular flexibility index (Phi) is 8.11. The summed E-state index contributed by atoms with van der Waals surface area (Å²) in [4.78, 5) is 22.3. The first kappa shape index (κ1) is 28.3. The largest absolute Gasteiger partial charge is 0.460 e. The van der Waals surface area contributed by atoms with Crippen molar-refractivity contribution < 1.29 is 23.4 Å². The molecule has 1 amide bonds. The lowest BCUT2D eigenvalue weighted by molar-refractivity contribution is -0.0324. The van der Waals surface area contributed by atoms with Gasteiger partial charge in [-0.2, -0.15) is 0 Å². The number of amides is 1. The van der Waals surface area contributed by atoms with Gasteiger partial charge < -0.3 is 38.9 Å². The van der Waals surface area contributed by atoms with Gasteiger partial charge in [-0.1, -0.05) is 0 Å². The number of aryl methyl sites for hydroxylation is 2. The molecule has 0 saturated carbocycles. The van der Waals surface area contributed by atoms with Gasteiger partial charge in [0.1, 0.15) is 28.5 Å². The van der Waals surface area contributed by atoms with E-state index in [0.29, 0.717) is 53.7 Å². The molecule has 1 aliphatic rings. The molecule has 11 nitrogen and oxygen atoms in total. The topological polar surface area (TPSA) is 131 Å². The van der Waals surface area contributed by atoms with Crippen molar-refractivity contribution in [2.45, 2.75) is 32.5 Å². The first-order valence-corrected chi connectivity index (χ1v) is 13.4. The number of methoxy groups -OCH3 is 1. The zero-order chi connectivity index (χ0) is 29.1. The third-order valence-corrected chi connectivity index (χ3v) is 7.71. The van der Waals surface area contributed by atoms with Crippen molar-refractivity contribution in [1.82, 2.24) is 24.8 Å². The maximum atomic E-state index is 12.3. The van der Waals surface area contributed by atoms with E-state index in [-0.39, 0.29) is 5.91 Å². The molecule has 1 saturated heterocycles. The molecule has 4 heterocycles.